The van der Waals surface area contributed by atoms with Gasteiger partial charge in [-0.15, -0.1) is 0 Å². The van der Waals surface area contributed by atoms with Crippen LogP contribution in [0, 0.1) is 0 Å². The highest BCUT2D eigenvalue weighted by molar-refractivity contribution is 5.50. The monoisotopic (exact) mass is 126 g/mol. The van der Waals surface area contributed by atoms with Crippen molar-refractivity contribution < 1.29 is 4.74 Å². The first-order chi connectivity index (χ1) is 4.50. The van der Waals surface area contributed by atoms with E-state index in [4.69, 9.17) is 4.74 Å². The third-order valence-corrected chi connectivity index (χ3v) is 0.996. The Labute approximate surface area is 54.4 Å². The minimum absolute atomic E-state index is 0.711. The lowest BCUT2D eigenvalue weighted by Gasteiger charge is -1.98. The highest BCUT2D eigenvalue weighted by atomic mass is 16.5. The van der Waals surface area contributed by atoms with Gasteiger partial charge in [-0.2, -0.15) is 0 Å². The van der Waals surface area contributed by atoms with Gasteiger partial charge in [0.2, 0.25) is 0 Å². The predicted molar refractivity (Wildman–Crippen MR) is 35.7 cm³/mol. The summed E-state index contributed by atoms with van der Waals surface area (Å²) in [6.07, 6.45) is 1.72. The van der Waals surface area contributed by atoms with E-state index >= 15 is 0 Å². The third-order valence-electron chi connectivity index (χ3n) is 0.996. The molecule has 0 atom stereocenters. The normalized spacial score (nSPS) is 19.6. The van der Waals surface area contributed by atoms with Crippen LogP contribution in [0.2, 0.25) is 0 Å². The fourth-order valence-electron chi connectivity index (χ4n) is 0.571. The van der Waals surface area contributed by atoms with Gasteiger partial charge in [-0.25, -0.2) is 4.99 Å². The van der Waals surface area contributed by atoms with Gasteiger partial charge < -0.3 is 10.1 Å². The fraction of sp³-hybridized carbons (Fsp3) is 0.667. The van der Waals surface area contributed by atoms with Crippen LogP contribution in [0.5, 0.6) is 0 Å². The molecule has 3 nitrogen and oxygen atoms in total. The topological polar surface area (TPSA) is 33.6 Å². The SMILES string of the molecule is C1=CNCCOCCN=1. The molecule has 1 heterocycles. The summed E-state index contributed by atoms with van der Waals surface area (Å²) >= 11 is 0. The molecule has 0 unspecified atom stereocenters. The molecule has 9 heavy (non-hydrogen) atoms. The minimum atomic E-state index is 0.711. The van der Waals surface area contributed by atoms with E-state index in [9.17, 15) is 0 Å². The van der Waals surface area contributed by atoms with E-state index in [1.54, 1.807) is 6.20 Å². The Morgan fingerprint density at radius 3 is 3.56 bits per heavy atom. The van der Waals surface area contributed by atoms with E-state index in [1.165, 1.54) is 0 Å². The van der Waals surface area contributed by atoms with Gasteiger partial charge in [0.1, 0.15) is 0 Å². The fourth-order valence-corrected chi connectivity index (χ4v) is 0.571. The number of hydrogen-bond donors (Lipinski definition) is 1. The molecule has 0 bridgehead atoms. The zero-order valence-corrected chi connectivity index (χ0v) is 5.26. The van der Waals surface area contributed by atoms with Crippen molar-refractivity contribution in [3.05, 3.63) is 6.20 Å². The first kappa shape index (κ1) is 6.33. The summed E-state index contributed by atoms with van der Waals surface area (Å²) in [6, 6.07) is 0. The zero-order chi connectivity index (χ0) is 6.36. The molecule has 1 N–H and O–H groups in total. The molecule has 0 aromatic heterocycles. The summed E-state index contributed by atoms with van der Waals surface area (Å²) in [7, 11) is 0. The Morgan fingerprint density at radius 1 is 1.56 bits per heavy atom. The van der Waals surface area contributed by atoms with Crippen LogP contribution >= 0.6 is 0 Å². The number of rotatable bonds is 0. The number of nitrogens with one attached hydrogen (secondary N) is 1. The van der Waals surface area contributed by atoms with Gasteiger partial charge in [-0.1, -0.05) is 0 Å². The van der Waals surface area contributed by atoms with Crippen molar-refractivity contribution in [3.63, 3.8) is 0 Å². The van der Waals surface area contributed by atoms with Gasteiger partial charge in [-0.05, 0) is 5.87 Å². The van der Waals surface area contributed by atoms with Crippen molar-refractivity contribution in [2.24, 2.45) is 4.99 Å². The molecule has 0 spiro atoms. The second kappa shape index (κ2) is 4.13. The van der Waals surface area contributed by atoms with Crippen molar-refractivity contribution >= 4 is 5.87 Å². The van der Waals surface area contributed by atoms with Crippen LogP contribution < -0.4 is 5.32 Å². The molecule has 0 fully saturated rings. The molecule has 0 saturated carbocycles. The van der Waals surface area contributed by atoms with Crippen molar-refractivity contribution in [1.29, 1.82) is 0 Å². The maximum absolute atomic E-state index is 5.14. The molecule has 0 amide bonds. The van der Waals surface area contributed by atoms with Crippen molar-refractivity contribution in [1.82, 2.24) is 5.32 Å². The van der Waals surface area contributed by atoms with Crippen molar-refractivity contribution in [2.75, 3.05) is 26.3 Å². The van der Waals surface area contributed by atoms with Gasteiger partial charge >= 0.3 is 0 Å². The molecule has 0 saturated heterocycles. The van der Waals surface area contributed by atoms with E-state index < -0.39 is 0 Å². The Bertz CT molecular complexity index is 115. The molecule has 1 rings (SSSR count). The molecule has 0 aromatic carbocycles. The van der Waals surface area contributed by atoms with Crippen LogP contribution in [0.3, 0.4) is 0 Å². The van der Waals surface area contributed by atoms with E-state index in [2.05, 4.69) is 16.2 Å². The average Bonchev–Trinajstić information content (AvgIpc) is 2.00. The standard InChI is InChI=1S/C6H10N2O/c1-2-8-4-6-9-5-3-7-1/h1,7H,3-6H2. The smallest absolute Gasteiger partial charge is 0.0718 e. The van der Waals surface area contributed by atoms with Crippen LogP contribution in [0.25, 0.3) is 0 Å². The minimum Gasteiger partial charge on any atom is -0.381 e. The molecule has 0 radical (unpaired) electrons. The second-order valence-electron chi connectivity index (χ2n) is 1.72. The first-order valence-corrected chi connectivity index (χ1v) is 3.05. The van der Waals surface area contributed by atoms with Gasteiger partial charge in [0.05, 0.1) is 26.0 Å². The summed E-state index contributed by atoms with van der Waals surface area (Å²) in [5, 5.41) is 2.97. The molecule has 0 aromatic rings. The van der Waals surface area contributed by atoms with E-state index in [1.807, 2.05) is 0 Å². The lowest BCUT2D eigenvalue weighted by Crippen LogP contribution is -2.13. The number of nitrogens with zero attached hydrogens (tertiary/aromatic N) is 1. The Hall–Kier alpha value is -0.790. The van der Waals surface area contributed by atoms with Crippen LogP contribution in [-0.4, -0.2) is 32.2 Å². The highest BCUT2D eigenvalue weighted by Gasteiger charge is 1.86. The Balaban J connectivity index is 2.29. The van der Waals surface area contributed by atoms with Crippen LogP contribution in [0.15, 0.2) is 11.2 Å². The maximum Gasteiger partial charge on any atom is 0.0718 e. The second-order valence-corrected chi connectivity index (χ2v) is 1.72. The lowest BCUT2D eigenvalue weighted by atomic mass is 10.7. The van der Waals surface area contributed by atoms with Crippen molar-refractivity contribution in [3.8, 4) is 0 Å². The average molecular weight is 126 g/mol. The Morgan fingerprint density at radius 2 is 2.56 bits per heavy atom. The summed E-state index contributed by atoms with van der Waals surface area (Å²) in [4.78, 5) is 3.90. The van der Waals surface area contributed by atoms with Gasteiger partial charge in [0.15, 0.2) is 0 Å². The summed E-state index contributed by atoms with van der Waals surface area (Å²) in [5.41, 5.74) is 0. The molecule has 50 valence electrons. The molecule has 0 aliphatic carbocycles. The quantitative estimate of drug-likeness (QED) is 0.487. The molecular formula is C6H10N2O. The largest absolute Gasteiger partial charge is 0.381 e. The van der Waals surface area contributed by atoms with Gasteiger partial charge in [-0.3, -0.25) is 0 Å². The van der Waals surface area contributed by atoms with E-state index in [0.29, 0.717) is 6.61 Å². The van der Waals surface area contributed by atoms with Crippen LogP contribution in [0.4, 0.5) is 0 Å². The van der Waals surface area contributed by atoms with Crippen LogP contribution in [-0.2, 0) is 4.74 Å². The summed E-state index contributed by atoms with van der Waals surface area (Å²) in [5.74, 6) is 2.74. The van der Waals surface area contributed by atoms with Gasteiger partial charge in [0, 0.05) is 6.54 Å². The predicted octanol–water partition coefficient (Wildman–Crippen LogP) is -0.210. The highest BCUT2D eigenvalue weighted by Crippen LogP contribution is 1.76. The van der Waals surface area contributed by atoms with E-state index in [0.717, 1.165) is 19.7 Å². The third kappa shape index (κ3) is 2.90. The molecule has 1 aliphatic rings. The number of hydrogen-bond acceptors (Lipinski definition) is 3. The summed E-state index contributed by atoms with van der Waals surface area (Å²) < 4.78 is 5.14. The first-order valence-electron chi connectivity index (χ1n) is 3.05. The van der Waals surface area contributed by atoms with Gasteiger partial charge in [0.25, 0.3) is 0 Å². The molecular weight excluding hydrogens is 116 g/mol. The number of aliphatic imine (C=N–C) groups is 1. The maximum atomic E-state index is 5.14. The van der Waals surface area contributed by atoms with Crippen molar-refractivity contribution in [2.45, 2.75) is 0 Å². The summed E-state index contributed by atoms with van der Waals surface area (Å²) in [6.45, 7) is 3.04. The number of ether oxygens (including phenoxy) is 1. The zero-order valence-electron chi connectivity index (χ0n) is 5.26. The molecule has 3 heteroatoms. The van der Waals surface area contributed by atoms with E-state index in [-0.39, 0.29) is 0 Å². The lowest BCUT2D eigenvalue weighted by molar-refractivity contribution is 0.146. The van der Waals surface area contributed by atoms with Crippen LogP contribution in [0.1, 0.15) is 0 Å². The Kier molecular flexibility index (Phi) is 2.90. The molecule has 1 aliphatic heterocycles.